The van der Waals surface area contributed by atoms with Gasteiger partial charge in [0.15, 0.2) is 0 Å². The van der Waals surface area contributed by atoms with Crippen molar-refractivity contribution in [3.05, 3.63) is 0 Å². The normalized spacial score (nSPS) is 30.5. The Bertz CT molecular complexity index is 282. The summed E-state index contributed by atoms with van der Waals surface area (Å²) in [7, 11) is 1.76. The number of methoxy groups -OCH3 is 1. The first-order valence-electron chi connectivity index (χ1n) is 6.92. The summed E-state index contributed by atoms with van der Waals surface area (Å²) < 4.78 is 5.23. The quantitative estimate of drug-likeness (QED) is 0.710. The van der Waals surface area contributed by atoms with Crippen molar-refractivity contribution >= 4 is 0 Å². The first-order valence-corrected chi connectivity index (χ1v) is 6.92. The molecular formula is C14H24N2O. The van der Waals surface area contributed by atoms with Crippen molar-refractivity contribution in [2.45, 2.75) is 51.1 Å². The van der Waals surface area contributed by atoms with E-state index in [1.807, 2.05) is 0 Å². The van der Waals surface area contributed by atoms with Crippen LogP contribution in [0.1, 0.15) is 39.0 Å². The summed E-state index contributed by atoms with van der Waals surface area (Å²) in [5, 5.41) is 9.24. The molecule has 2 rings (SSSR count). The van der Waals surface area contributed by atoms with Crippen molar-refractivity contribution in [3.8, 4) is 6.07 Å². The van der Waals surface area contributed by atoms with E-state index in [1.54, 1.807) is 7.11 Å². The highest BCUT2D eigenvalue weighted by Crippen LogP contribution is 2.39. The highest BCUT2D eigenvalue weighted by atomic mass is 16.5. The fourth-order valence-corrected chi connectivity index (χ4v) is 3.21. The number of rotatable bonds is 6. The molecule has 0 heterocycles. The molecule has 17 heavy (non-hydrogen) atoms. The molecule has 96 valence electrons. The van der Waals surface area contributed by atoms with Crippen LogP contribution < -0.4 is 0 Å². The van der Waals surface area contributed by atoms with Gasteiger partial charge < -0.3 is 4.74 Å². The third kappa shape index (κ3) is 3.00. The van der Waals surface area contributed by atoms with Crippen LogP contribution in [-0.4, -0.2) is 37.2 Å². The van der Waals surface area contributed by atoms with Gasteiger partial charge in [-0.25, -0.2) is 0 Å². The van der Waals surface area contributed by atoms with Crippen LogP contribution in [0.15, 0.2) is 0 Å². The van der Waals surface area contributed by atoms with Gasteiger partial charge >= 0.3 is 0 Å². The van der Waals surface area contributed by atoms with Crippen LogP contribution in [0.25, 0.3) is 0 Å². The Morgan fingerprint density at radius 2 is 2.12 bits per heavy atom. The van der Waals surface area contributed by atoms with Gasteiger partial charge in [-0.2, -0.15) is 5.26 Å². The fraction of sp³-hybridized carbons (Fsp3) is 0.929. The first kappa shape index (κ1) is 12.9. The van der Waals surface area contributed by atoms with Gasteiger partial charge in [0, 0.05) is 25.7 Å². The van der Waals surface area contributed by atoms with E-state index in [-0.39, 0.29) is 5.92 Å². The Morgan fingerprint density at radius 3 is 2.71 bits per heavy atom. The van der Waals surface area contributed by atoms with Crippen LogP contribution in [0.3, 0.4) is 0 Å². The molecule has 3 unspecified atom stereocenters. The van der Waals surface area contributed by atoms with Crippen molar-refractivity contribution in [2.75, 3.05) is 20.3 Å². The first-order chi connectivity index (χ1) is 8.27. The topological polar surface area (TPSA) is 36.3 Å². The van der Waals surface area contributed by atoms with E-state index >= 15 is 0 Å². The zero-order valence-corrected chi connectivity index (χ0v) is 11.1. The maximum Gasteiger partial charge on any atom is 0.0672 e. The summed E-state index contributed by atoms with van der Waals surface area (Å²) >= 11 is 0. The summed E-state index contributed by atoms with van der Waals surface area (Å²) in [6.07, 6.45) is 6.23. The summed E-state index contributed by atoms with van der Waals surface area (Å²) in [5.41, 5.74) is 0. The smallest absolute Gasteiger partial charge is 0.0672 e. The van der Waals surface area contributed by atoms with Crippen LogP contribution in [0.2, 0.25) is 0 Å². The van der Waals surface area contributed by atoms with Crippen LogP contribution >= 0.6 is 0 Å². The Labute approximate surface area is 105 Å². The van der Waals surface area contributed by atoms with E-state index in [2.05, 4.69) is 17.9 Å². The third-order valence-corrected chi connectivity index (χ3v) is 4.45. The number of ether oxygens (including phenoxy) is 1. The zero-order chi connectivity index (χ0) is 12.3. The lowest BCUT2D eigenvalue weighted by Gasteiger charge is -2.36. The summed E-state index contributed by atoms with van der Waals surface area (Å²) in [6.45, 7) is 4.10. The molecule has 2 fully saturated rings. The highest BCUT2D eigenvalue weighted by Gasteiger charge is 2.39. The maximum absolute atomic E-state index is 9.24. The average molecular weight is 236 g/mol. The summed E-state index contributed by atoms with van der Waals surface area (Å²) in [4.78, 5) is 2.56. The van der Waals surface area contributed by atoms with Gasteiger partial charge in [0.25, 0.3) is 0 Å². The molecule has 0 aromatic rings. The van der Waals surface area contributed by atoms with Crippen molar-refractivity contribution in [1.29, 1.82) is 5.26 Å². The second-order valence-electron chi connectivity index (χ2n) is 5.54. The van der Waals surface area contributed by atoms with Crippen LogP contribution in [0.4, 0.5) is 0 Å². The van der Waals surface area contributed by atoms with E-state index in [4.69, 9.17) is 4.74 Å². The number of hydrogen-bond acceptors (Lipinski definition) is 3. The lowest BCUT2D eigenvalue weighted by molar-refractivity contribution is 0.0734. The van der Waals surface area contributed by atoms with Gasteiger partial charge in [-0.3, -0.25) is 4.90 Å². The summed E-state index contributed by atoms with van der Waals surface area (Å²) in [6, 6.07) is 3.61. The van der Waals surface area contributed by atoms with E-state index < -0.39 is 0 Å². The van der Waals surface area contributed by atoms with Crippen LogP contribution in [0, 0.1) is 23.2 Å². The van der Waals surface area contributed by atoms with Crippen LogP contribution in [-0.2, 0) is 4.74 Å². The Kier molecular flexibility index (Phi) is 4.42. The zero-order valence-electron chi connectivity index (χ0n) is 11.1. The molecule has 0 N–H and O–H groups in total. The van der Waals surface area contributed by atoms with Crippen molar-refractivity contribution in [1.82, 2.24) is 4.90 Å². The van der Waals surface area contributed by atoms with Crippen molar-refractivity contribution in [3.63, 3.8) is 0 Å². The minimum atomic E-state index is 0.244. The molecule has 0 aromatic carbocycles. The lowest BCUT2D eigenvalue weighted by Crippen LogP contribution is -2.46. The van der Waals surface area contributed by atoms with Gasteiger partial charge in [0.05, 0.1) is 18.6 Å². The fourth-order valence-electron chi connectivity index (χ4n) is 3.21. The standard InChI is InChI=1S/C14H24N2O/c1-11(12-6-7-12)16(8-9-17-2)14-5-3-4-13(14)10-15/h11-14H,3-9H2,1-2H3. The van der Waals surface area contributed by atoms with Gasteiger partial charge in [-0.15, -0.1) is 0 Å². The molecule has 0 spiro atoms. The molecule has 0 aliphatic heterocycles. The van der Waals surface area contributed by atoms with E-state index in [0.717, 1.165) is 25.5 Å². The largest absolute Gasteiger partial charge is 0.383 e. The van der Waals surface area contributed by atoms with Gasteiger partial charge in [0.1, 0.15) is 0 Å². The molecule has 2 aliphatic rings. The SMILES string of the molecule is COCCN(C(C)C1CC1)C1CCCC1C#N. The minimum Gasteiger partial charge on any atom is -0.383 e. The predicted octanol–water partition coefficient (Wildman–Crippen LogP) is 2.43. The minimum absolute atomic E-state index is 0.244. The van der Waals surface area contributed by atoms with Crippen molar-refractivity contribution in [2.24, 2.45) is 11.8 Å². The van der Waals surface area contributed by atoms with E-state index in [1.165, 1.54) is 25.7 Å². The average Bonchev–Trinajstić information content (AvgIpc) is 3.09. The molecule has 3 atom stereocenters. The maximum atomic E-state index is 9.24. The highest BCUT2D eigenvalue weighted by molar-refractivity contribution is 5.00. The monoisotopic (exact) mass is 236 g/mol. The molecule has 2 aliphatic carbocycles. The van der Waals surface area contributed by atoms with E-state index in [9.17, 15) is 5.26 Å². The molecule has 0 amide bonds. The van der Waals surface area contributed by atoms with Crippen molar-refractivity contribution < 1.29 is 4.74 Å². The third-order valence-electron chi connectivity index (χ3n) is 4.45. The van der Waals surface area contributed by atoms with Gasteiger partial charge in [0.2, 0.25) is 0 Å². The van der Waals surface area contributed by atoms with Crippen LogP contribution in [0.5, 0.6) is 0 Å². The number of nitrogens with zero attached hydrogens (tertiary/aromatic N) is 2. The Morgan fingerprint density at radius 1 is 1.35 bits per heavy atom. The molecule has 3 heteroatoms. The Hall–Kier alpha value is -0.590. The summed E-state index contributed by atoms with van der Waals surface area (Å²) in [5.74, 6) is 1.11. The lowest BCUT2D eigenvalue weighted by atomic mass is 10.0. The molecule has 3 nitrogen and oxygen atoms in total. The second-order valence-corrected chi connectivity index (χ2v) is 5.54. The number of nitriles is 1. The van der Waals surface area contributed by atoms with E-state index in [0.29, 0.717) is 12.1 Å². The molecule has 2 saturated carbocycles. The number of hydrogen-bond donors (Lipinski definition) is 0. The Balaban J connectivity index is 2.00. The van der Waals surface area contributed by atoms with Gasteiger partial charge in [-0.05, 0) is 38.5 Å². The molecule has 0 bridgehead atoms. The molecule has 0 radical (unpaired) electrons. The van der Waals surface area contributed by atoms with Gasteiger partial charge in [-0.1, -0.05) is 6.42 Å². The second kappa shape index (κ2) is 5.84. The molecular weight excluding hydrogens is 212 g/mol. The molecule has 0 saturated heterocycles. The molecule has 0 aromatic heterocycles. The predicted molar refractivity (Wildman–Crippen MR) is 67.5 cm³/mol.